The van der Waals surface area contributed by atoms with Gasteiger partial charge in [0.05, 0.1) is 18.2 Å². The number of imidazole rings is 1. The van der Waals surface area contributed by atoms with Gasteiger partial charge in [-0.25, -0.2) is 4.98 Å². The van der Waals surface area contributed by atoms with Gasteiger partial charge in [0.1, 0.15) is 0 Å². The second-order valence-electron chi connectivity index (χ2n) is 5.78. The molecule has 0 spiro atoms. The number of fused-ring (bicyclic) bond motifs is 1. The highest BCUT2D eigenvalue weighted by atomic mass is 32.2. The highest BCUT2D eigenvalue weighted by Crippen LogP contribution is 2.36. The van der Waals surface area contributed by atoms with Crippen LogP contribution in [-0.2, 0) is 17.2 Å². The summed E-state index contributed by atoms with van der Waals surface area (Å²) < 4.78 is 13.8. The third-order valence-corrected chi connectivity index (χ3v) is 5.92. The Hall–Kier alpha value is -1.62. The number of hydrogen-bond acceptors (Lipinski definition) is 3. The molecular formula is C16H19N3OS. The van der Waals surface area contributed by atoms with E-state index in [1.54, 1.807) is 0 Å². The van der Waals surface area contributed by atoms with Crippen molar-refractivity contribution in [1.29, 1.82) is 0 Å². The van der Waals surface area contributed by atoms with Gasteiger partial charge in [0, 0.05) is 46.1 Å². The Morgan fingerprint density at radius 3 is 3.00 bits per heavy atom. The lowest BCUT2D eigenvalue weighted by molar-refractivity contribution is 0.465. The van der Waals surface area contributed by atoms with Crippen molar-refractivity contribution >= 4 is 16.5 Å². The van der Waals surface area contributed by atoms with E-state index in [0.717, 1.165) is 37.3 Å². The van der Waals surface area contributed by atoms with Crippen LogP contribution in [0, 0.1) is 0 Å². The molecule has 3 heterocycles. The fourth-order valence-corrected chi connectivity index (χ4v) is 4.69. The maximum atomic E-state index is 11.6. The molecule has 4 nitrogen and oxygen atoms in total. The standard InChI is InChI=1S/C16H19N3OS/c20-21-8-5-13(6-9-21)19-11-17-10-15(19)14-3-1-2-12-4-7-18-16(12)14/h1-3,10-11,13,18H,4-9H2. The van der Waals surface area contributed by atoms with E-state index in [2.05, 4.69) is 33.1 Å². The Bertz CT molecular complexity index is 685. The van der Waals surface area contributed by atoms with Crippen molar-refractivity contribution in [3.63, 3.8) is 0 Å². The third kappa shape index (κ3) is 2.29. The summed E-state index contributed by atoms with van der Waals surface area (Å²) in [5.41, 5.74) is 5.08. The maximum absolute atomic E-state index is 11.6. The fourth-order valence-electron chi connectivity index (χ4n) is 3.42. The Morgan fingerprint density at radius 1 is 1.29 bits per heavy atom. The smallest absolute Gasteiger partial charge is 0.0953 e. The highest BCUT2D eigenvalue weighted by Gasteiger charge is 2.23. The minimum Gasteiger partial charge on any atom is -0.384 e. The van der Waals surface area contributed by atoms with Crippen molar-refractivity contribution in [1.82, 2.24) is 9.55 Å². The molecule has 0 radical (unpaired) electrons. The van der Waals surface area contributed by atoms with Crippen molar-refractivity contribution in [2.24, 2.45) is 0 Å². The van der Waals surface area contributed by atoms with E-state index in [-0.39, 0.29) is 0 Å². The number of aromatic nitrogens is 2. The van der Waals surface area contributed by atoms with Crippen LogP contribution in [0.3, 0.4) is 0 Å². The number of anilines is 1. The highest BCUT2D eigenvalue weighted by molar-refractivity contribution is 7.85. The molecule has 0 amide bonds. The van der Waals surface area contributed by atoms with Gasteiger partial charge in [0.2, 0.25) is 0 Å². The number of nitrogens with zero attached hydrogens (tertiary/aromatic N) is 2. The summed E-state index contributed by atoms with van der Waals surface area (Å²) in [7, 11) is -0.619. The average molecular weight is 301 g/mol. The molecule has 0 saturated carbocycles. The number of hydrogen-bond donors (Lipinski definition) is 1. The third-order valence-electron chi connectivity index (χ3n) is 4.54. The summed E-state index contributed by atoms with van der Waals surface area (Å²) in [6.07, 6.45) is 6.96. The van der Waals surface area contributed by atoms with Crippen LogP contribution in [0.1, 0.15) is 24.4 Å². The summed E-state index contributed by atoms with van der Waals surface area (Å²) in [6, 6.07) is 6.93. The van der Waals surface area contributed by atoms with E-state index in [9.17, 15) is 4.21 Å². The second-order valence-corrected chi connectivity index (χ2v) is 7.48. The van der Waals surface area contributed by atoms with E-state index in [1.807, 2.05) is 12.5 Å². The largest absolute Gasteiger partial charge is 0.384 e. The van der Waals surface area contributed by atoms with E-state index in [4.69, 9.17) is 0 Å². The molecular weight excluding hydrogens is 282 g/mol. The lowest BCUT2D eigenvalue weighted by Gasteiger charge is -2.25. The number of benzene rings is 1. The van der Waals surface area contributed by atoms with Gasteiger partial charge in [0.15, 0.2) is 0 Å². The van der Waals surface area contributed by atoms with Crippen molar-refractivity contribution in [3.8, 4) is 11.3 Å². The Morgan fingerprint density at radius 2 is 2.14 bits per heavy atom. The first-order valence-electron chi connectivity index (χ1n) is 7.56. The SMILES string of the molecule is O=S1CCC(n2cncc2-c2cccc3c2NCC3)CC1. The Balaban J connectivity index is 1.73. The molecule has 0 bridgehead atoms. The molecule has 1 fully saturated rings. The quantitative estimate of drug-likeness (QED) is 0.927. The summed E-state index contributed by atoms with van der Waals surface area (Å²) in [5, 5.41) is 3.50. The predicted molar refractivity (Wildman–Crippen MR) is 86.0 cm³/mol. The van der Waals surface area contributed by atoms with Crippen molar-refractivity contribution in [2.45, 2.75) is 25.3 Å². The molecule has 110 valence electrons. The zero-order valence-corrected chi connectivity index (χ0v) is 12.7. The lowest BCUT2D eigenvalue weighted by atomic mass is 10.0. The zero-order chi connectivity index (χ0) is 14.2. The molecule has 5 heteroatoms. The Kier molecular flexibility index (Phi) is 3.30. The molecule has 21 heavy (non-hydrogen) atoms. The molecule has 1 saturated heterocycles. The molecule has 0 unspecified atom stereocenters. The molecule has 1 N–H and O–H groups in total. The van der Waals surface area contributed by atoms with Crippen LogP contribution >= 0.6 is 0 Å². The van der Waals surface area contributed by atoms with Crippen LogP contribution in [-0.4, -0.2) is 31.8 Å². The van der Waals surface area contributed by atoms with Crippen molar-refractivity contribution < 1.29 is 4.21 Å². The predicted octanol–water partition coefficient (Wildman–Crippen LogP) is 2.60. The van der Waals surface area contributed by atoms with Crippen LogP contribution in [0.25, 0.3) is 11.3 Å². The molecule has 2 aromatic rings. The molecule has 1 aromatic heterocycles. The Labute approximate surface area is 127 Å². The van der Waals surface area contributed by atoms with Crippen LogP contribution in [0.4, 0.5) is 5.69 Å². The van der Waals surface area contributed by atoms with Gasteiger partial charge in [0.25, 0.3) is 0 Å². The summed E-state index contributed by atoms with van der Waals surface area (Å²) in [4.78, 5) is 4.38. The monoisotopic (exact) mass is 301 g/mol. The topological polar surface area (TPSA) is 46.9 Å². The summed E-state index contributed by atoms with van der Waals surface area (Å²) >= 11 is 0. The van der Waals surface area contributed by atoms with E-state index in [1.165, 1.54) is 22.5 Å². The number of para-hydroxylation sites is 1. The minimum atomic E-state index is -0.619. The van der Waals surface area contributed by atoms with Crippen LogP contribution in [0.15, 0.2) is 30.7 Å². The van der Waals surface area contributed by atoms with Crippen LogP contribution in [0.2, 0.25) is 0 Å². The van der Waals surface area contributed by atoms with Crippen molar-refractivity contribution in [3.05, 3.63) is 36.3 Å². The second kappa shape index (κ2) is 5.30. The van der Waals surface area contributed by atoms with Crippen molar-refractivity contribution in [2.75, 3.05) is 23.4 Å². The molecule has 1 aromatic carbocycles. The average Bonchev–Trinajstić information content (AvgIpc) is 3.16. The number of rotatable bonds is 2. The van der Waals surface area contributed by atoms with Gasteiger partial charge in [-0.1, -0.05) is 18.2 Å². The maximum Gasteiger partial charge on any atom is 0.0953 e. The lowest BCUT2D eigenvalue weighted by Crippen LogP contribution is -2.21. The van der Waals surface area contributed by atoms with Gasteiger partial charge in [-0.15, -0.1) is 0 Å². The molecule has 0 atom stereocenters. The first-order valence-corrected chi connectivity index (χ1v) is 9.04. The van der Waals surface area contributed by atoms with E-state index < -0.39 is 10.8 Å². The molecule has 2 aliphatic heterocycles. The fraction of sp³-hybridized carbons (Fsp3) is 0.438. The zero-order valence-electron chi connectivity index (χ0n) is 11.9. The summed E-state index contributed by atoms with van der Waals surface area (Å²) in [6.45, 7) is 1.02. The van der Waals surface area contributed by atoms with E-state index in [0.29, 0.717) is 6.04 Å². The van der Waals surface area contributed by atoms with E-state index >= 15 is 0 Å². The molecule has 2 aliphatic rings. The van der Waals surface area contributed by atoms with Gasteiger partial charge in [-0.3, -0.25) is 4.21 Å². The first-order chi connectivity index (χ1) is 10.3. The van der Waals surface area contributed by atoms with Crippen LogP contribution < -0.4 is 5.32 Å². The first kappa shape index (κ1) is 13.1. The van der Waals surface area contributed by atoms with Crippen LogP contribution in [0.5, 0.6) is 0 Å². The van der Waals surface area contributed by atoms with Gasteiger partial charge in [-0.05, 0) is 24.8 Å². The minimum absolute atomic E-state index is 0.428. The number of nitrogens with one attached hydrogen (secondary N) is 1. The normalized spacial score (nSPS) is 24.6. The molecule has 0 aliphatic carbocycles. The van der Waals surface area contributed by atoms with Gasteiger partial charge in [-0.2, -0.15) is 0 Å². The molecule has 4 rings (SSSR count). The van der Waals surface area contributed by atoms with Gasteiger partial charge < -0.3 is 9.88 Å². The van der Waals surface area contributed by atoms with Gasteiger partial charge >= 0.3 is 0 Å². The summed E-state index contributed by atoms with van der Waals surface area (Å²) in [5.74, 6) is 1.63.